The smallest absolute Gasteiger partial charge is 0.133 e. The van der Waals surface area contributed by atoms with Crippen molar-refractivity contribution in [1.29, 1.82) is 0 Å². The highest BCUT2D eigenvalue weighted by Gasteiger charge is 2.59. The Morgan fingerprint density at radius 1 is 1.20 bits per heavy atom. The Morgan fingerprint density at radius 3 is 2.72 bits per heavy atom. The fourth-order valence-corrected chi connectivity index (χ4v) is 7.48. The number of carbonyl (C=O) groups is 1. The highest BCUT2D eigenvalue weighted by Crippen LogP contribution is 2.66. The first kappa shape index (κ1) is 17.1. The van der Waals surface area contributed by atoms with Gasteiger partial charge in [-0.2, -0.15) is 0 Å². The number of Topliss-reactive ketones (excluding diaryl/α,β-unsaturated/α-hetero) is 1. The van der Waals surface area contributed by atoms with Crippen LogP contribution in [0, 0.1) is 34.5 Å². The van der Waals surface area contributed by atoms with Crippen LogP contribution in [0.4, 0.5) is 0 Å². The number of carbonyl (C=O) groups excluding carboxylic acids is 1. The van der Waals surface area contributed by atoms with Crippen molar-refractivity contribution in [2.24, 2.45) is 39.6 Å². The summed E-state index contributed by atoms with van der Waals surface area (Å²) in [5, 5.41) is 4.01. The Balaban J connectivity index is 1.63. The van der Waals surface area contributed by atoms with E-state index in [2.05, 4.69) is 29.9 Å². The van der Waals surface area contributed by atoms with Gasteiger partial charge in [-0.15, -0.1) is 0 Å². The summed E-state index contributed by atoms with van der Waals surface area (Å²) in [7, 11) is 0. The molecule has 0 spiro atoms. The van der Waals surface area contributed by atoms with Crippen LogP contribution in [0.3, 0.4) is 0 Å². The second-order valence-corrected chi connectivity index (χ2v) is 9.65. The van der Waals surface area contributed by atoms with E-state index in [0.29, 0.717) is 17.1 Å². The summed E-state index contributed by atoms with van der Waals surface area (Å²) in [6.07, 6.45) is 11.6. The number of hydrogen-bond donors (Lipinski definition) is 0. The van der Waals surface area contributed by atoms with Crippen molar-refractivity contribution in [2.45, 2.75) is 78.2 Å². The molecule has 0 saturated heterocycles. The minimum Gasteiger partial charge on any atom is -0.300 e. The fourth-order valence-electron chi connectivity index (χ4n) is 7.48. The number of hydrogen-bond acceptors (Lipinski definition) is 2. The van der Waals surface area contributed by atoms with Crippen molar-refractivity contribution in [3.8, 4) is 0 Å². The highest BCUT2D eigenvalue weighted by molar-refractivity contribution is 5.79. The lowest BCUT2D eigenvalue weighted by Crippen LogP contribution is -2.50. The molecular weight excluding hydrogens is 310 g/mol. The SMILES string of the molecule is CC(=O)C1CCC2C3CC=C4CC(N=[N+]=[N-])CCC4(C)C3CCC12C. The van der Waals surface area contributed by atoms with Crippen molar-refractivity contribution in [3.05, 3.63) is 22.1 Å². The molecule has 0 aromatic carbocycles. The average Bonchev–Trinajstić information content (AvgIpc) is 2.93. The van der Waals surface area contributed by atoms with E-state index in [-0.39, 0.29) is 17.4 Å². The van der Waals surface area contributed by atoms with Crippen molar-refractivity contribution in [3.63, 3.8) is 0 Å². The summed E-state index contributed by atoms with van der Waals surface area (Å²) in [6.45, 7) is 6.69. The zero-order chi connectivity index (χ0) is 17.8. The van der Waals surface area contributed by atoms with Gasteiger partial charge in [0.1, 0.15) is 5.78 Å². The third-order valence-corrected chi connectivity index (χ3v) is 8.78. The van der Waals surface area contributed by atoms with E-state index in [0.717, 1.165) is 37.5 Å². The Kier molecular flexibility index (Phi) is 4.03. The van der Waals surface area contributed by atoms with Crippen molar-refractivity contribution >= 4 is 5.78 Å². The minimum absolute atomic E-state index is 0.156. The van der Waals surface area contributed by atoms with Crippen LogP contribution >= 0.6 is 0 Å². The summed E-state index contributed by atoms with van der Waals surface area (Å²) in [5.41, 5.74) is 10.9. The predicted molar refractivity (Wildman–Crippen MR) is 98.8 cm³/mol. The van der Waals surface area contributed by atoms with Crippen molar-refractivity contribution in [2.75, 3.05) is 0 Å². The van der Waals surface area contributed by atoms with Gasteiger partial charge in [0.15, 0.2) is 0 Å². The van der Waals surface area contributed by atoms with E-state index in [1.165, 1.54) is 25.7 Å². The first-order chi connectivity index (χ1) is 11.9. The fraction of sp³-hybridized carbons (Fsp3) is 0.857. The molecule has 0 aliphatic heterocycles. The minimum atomic E-state index is 0.156. The van der Waals surface area contributed by atoms with Crippen molar-refractivity contribution < 1.29 is 4.79 Å². The van der Waals surface area contributed by atoms with E-state index in [9.17, 15) is 4.79 Å². The molecule has 4 aliphatic rings. The molecule has 4 rings (SSSR count). The molecule has 7 unspecified atom stereocenters. The molecule has 25 heavy (non-hydrogen) atoms. The van der Waals surface area contributed by atoms with Gasteiger partial charge in [0.25, 0.3) is 0 Å². The van der Waals surface area contributed by atoms with Gasteiger partial charge in [-0.05, 0) is 92.4 Å². The van der Waals surface area contributed by atoms with E-state index in [4.69, 9.17) is 5.53 Å². The van der Waals surface area contributed by atoms with Crippen LogP contribution in [0.1, 0.15) is 72.1 Å². The molecule has 4 heteroatoms. The molecule has 4 nitrogen and oxygen atoms in total. The van der Waals surface area contributed by atoms with Gasteiger partial charge in [0.05, 0.1) is 0 Å². The van der Waals surface area contributed by atoms with Gasteiger partial charge in [-0.25, -0.2) is 0 Å². The lowest BCUT2D eigenvalue weighted by Gasteiger charge is -2.58. The van der Waals surface area contributed by atoms with E-state index >= 15 is 0 Å². The van der Waals surface area contributed by atoms with Crippen LogP contribution < -0.4 is 0 Å². The molecule has 0 aromatic heterocycles. The monoisotopic (exact) mass is 341 g/mol. The second kappa shape index (κ2) is 5.87. The Bertz CT molecular complexity index is 664. The third kappa shape index (κ3) is 2.40. The van der Waals surface area contributed by atoms with E-state index in [1.807, 2.05) is 6.92 Å². The molecule has 7 atom stereocenters. The van der Waals surface area contributed by atoms with Gasteiger partial charge in [0.2, 0.25) is 0 Å². The first-order valence-electron chi connectivity index (χ1n) is 10.1. The zero-order valence-corrected chi connectivity index (χ0v) is 15.9. The van der Waals surface area contributed by atoms with Crippen LogP contribution in [0.2, 0.25) is 0 Å². The molecule has 136 valence electrons. The molecule has 0 radical (unpaired) electrons. The van der Waals surface area contributed by atoms with Crippen LogP contribution in [-0.4, -0.2) is 11.8 Å². The maximum atomic E-state index is 12.2. The Morgan fingerprint density at radius 2 is 2.00 bits per heavy atom. The maximum Gasteiger partial charge on any atom is 0.133 e. The topological polar surface area (TPSA) is 65.8 Å². The molecule has 0 amide bonds. The lowest BCUT2D eigenvalue weighted by molar-refractivity contribution is -0.127. The zero-order valence-electron chi connectivity index (χ0n) is 15.9. The van der Waals surface area contributed by atoms with Gasteiger partial charge in [-0.1, -0.05) is 30.6 Å². The molecule has 3 saturated carbocycles. The molecule has 0 aromatic rings. The van der Waals surface area contributed by atoms with Gasteiger partial charge in [-0.3, -0.25) is 4.79 Å². The number of ketones is 1. The number of rotatable bonds is 2. The highest BCUT2D eigenvalue weighted by atomic mass is 16.1. The normalized spacial score (nSPS) is 48.4. The molecule has 4 aliphatic carbocycles. The summed E-state index contributed by atoms with van der Waals surface area (Å²) in [6, 6.07) is 0.156. The Hall–Kier alpha value is -1.28. The lowest BCUT2D eigenvalue weighted by atomic mass is 9.47. The van der Waals surface area contributed by atoms with E-state index in [1.54, 1.807) is 5.57 Å². The van der Waals surface area contributed by atoms with Crippen molar-refractivity contribution in [1.82, 2.24) is 0 Å². The van der Waals surface area contributed by atoms with E-state index < -0.39 is 0 Å². The average molecular weight is 341 g/mol. The van der Waals surface area contributed by atoms with Gasteiger partial charge in [0, 0.05) is 16.9 Å². The number of allylic oxidation sites excluding steroid dienone is 1. The molecule has 0 heterocycles. The number of fused-ring (bicyclic) bond motifs is 5. The second-order valence-electron chi connectivity index (χ2n) is 9.65. The number of nitrogens with zero attached hydrogens (tertiary/aromatic N) is 3. The predicted octanol–water partition coefficient (Wildman–Crippen LogP) is 5.83. The molecular formula is C21H31N3O. The Labute approximate surface area is 151 Å². The van der Waals surface area contributed by atoms with Crippen LogP contribution in [0.15, 0.2) is 16.8 Å². The number of azide groups is 1. The van der Waals surface area contributed by atoms with Gasteiger partial charge >= 0.3 is 0 Å². The standard InChI is InChI=1S/C21H31N3O/c1-13(25)17-6-7-18-16-5-4-14-12-15(23-24-22)8-10-20(14,2)19(16)9-11-21(17,18)3/h4,15-19H,5-12H2,1-3H3. The largest absolute Gasteiger partial charge is 0.300 e. The molecule has 3 fully saturated rings. The summed E-state index contributed by atoms with van der Waals surface area (Å²) in [5.74, 6) is 2.91. The molecule has 0 N–H and O–H groups in total. The van der Waals surface area contributed by atoms with Gasteiger partial charge < -0.3 is 0 Å². The van der Waals surface area contributed by atoms with Crippen LogP contribution in [0.5, 0.6) is 0 Å². The van der Waals surface area contributed by atoms with Crippen LogP contribution in [-0.2, 0) is 4.79 Å². The third-order valence-electron chi connectivity index (χ3n) is 8.78. The maximum absolute atomic E-state index is 12.2. The quantitative estimate of drug-likeness (QED) is 0.269. The summed E-state index contributed by atoms with van der Waals surface area (Å²) in [4.78, 5) is 15.2. The first-order valence-corrected chi connectivity index (χ1v) is 10.1. The summed E-state index contributed by atoms with van der Waals surface area (Å²) < 4.78 is 0. The van der Waals surface area contributed by atoms with Crippen LogP contribution in [0.25, 0.3) is 10.4 Å². The molecule has 0 bridgehead atoms. The summed E-state index contributed by atoms with van der Waals surface area (Å²) >= 11 is 0.